The second kappa shape index (κ2) is 8.82. The summed E-state index contributed by atoms with van der Waals surface area (Å²) in [7, 11) is 0. The van der Waals surface area contributed by atoms with E-state index in [9.17, 15) is 9.59 Å². The molecule has 1 aliphatic heterocycles. The van der Waals surface area contributed by atoms with Crippen molar-refractivity contribution in [3.05, 3.63) is 52.9 Å². The summed E-state index contributed by atoms with van der Waals surface area (Å²) in [6, 6.07) is 12.3. The summed E-state index contributed by atoms with van der Waals surface area (Å²) in [5.74, 6) is 0.0655. The zero-order valence-corrected chi connectivity index (χ0v) is 17.1. The van der Waals surface area contributed by atoms with Gasteiger partial charge in [-0.15, -0.1) is 0 Å². The van der Waals surface area contributed by atoms with E-state index in [1.165, 1.54) is 19.3 Å². The first kappa shape index (κ1) is 19.7. The molecule has 29 heavy (non-hydrogen) atoms. The van der Waals surface area contributed by atoms with Gasteiger partial charge in [-0.25, -0.2) is 0 Å². The molecule has 6 nitrogen and oxygen atoms in total. The molecular weight excluding hydrogens is 364 g/mol. The highest BCUT2D eigenvalue weighted by Crippen LogP contribution is 2.16. The van der Waals surface area contributed by atoms with Gasteiger partial charge in [0.1, 0.15) is 5.52 Å². The number of hydrogen-bond donors (Lipinski definition) is 1. The molecule has 6 heteroatoms. The van der Waals surface area contributed by atoms with Crippen LogP contribution in [0.4, 0.5) is 0 Å². The molecule has 1 unspecified atom stereocenters. The molecule has 1 aliphatic rings. The van der Waals surface area contributed by atoms with Crippen molar-refractivity contribution in [3.8, 4) is 0 Å². The topological polar surface area (TPSA) is 58.8 Å². The number of para-hydroxylation sites is 2. The fraction of sp³-hybridized carbons (Fsp3) is 0.478. The zero-order chi connectivity index (χ0) is 20.2. The molecule has 1 fully saturated rings. The van der Waals surface area contributed by atoms with E-state index in [4.69, 9.17) is 0 Å². The molecular formula is C23H30N4O2. The Morgan fingerprint density at radius 1 is 1.07 bits per heavy atom. The Bertz CT molecular complexity index is 1050. The summed E-state index contributed by atoms with van der Waals surface area (Å²) >= 11 is 0. The maximum Gasteiger partial charge on any atom is 0.275 e. The number of hydrogen-bond acceptors (Lipinski definition) is 3. The van der Waals surface area contributed by atoms with E-state index in [-0.39, 0.29) is 11.5 Å². The highest BCUT2D eigenvalue weighted by Gasteiger charge is 2.17. The third-order valence-electron chi connectivity index (χ3n) is 6.09. The van der Waals surface area contributed by atoms with Crippen LogP contribution < -0.4 is 10.9 Å². The molecule has 0 spiro atoms. The van der Waals surface area contributed by atoms with Crippen LogP contribution in [-0.4, -0.2) is 45.5 Å². The van der Waals surface area contributed by atoms with Crippen molar-refractivity contribution >= 4 is 22.5 Å². The van der Waals surface area contributed by atoms with Gasteiger partial charge in [-0.3, -0.25) is 14.5 Å². The monoisotopic (exact) mass is 394 g/mol. The fourth-order valence-corrected chi connectivity index (χ4v) is 4.45. The van der Waals surface area contributed by atoms with Crippen molar-refractivity contribution < 1.29 is 4.79 Å². The molecule has 1 amide bonds. The van der Waals surface area contributed by atoms with Crippen molar-refractivity contribution in [1.29, 1.82) is 0 Å². The van der Waals surface area contributed by atoms with E-state index in [1.807, 2.05) is 47.0 Å². The van der Waals surface area contributed by atoms with Gasteiger partial charge in [0.2, 0.25) is 5.91 Å². The Morgan fingerprint density at radius 2 is 1.86 bits per heavy atom. The minimum Gasteiger partial charge on any atom is -0.355 e. The number of nitrogens with zero attached hydrogens (tertiary/aromatic N) is 3. The van der Waals surface area contributed by atoms with Gasteiger partial charge in [-0.05, 0) is 57.0 Å². The lowest BCUT2D eigenvalue weighted by Gasteiger charge is -2.33. The van der Waals surface area contributed by atoms with Crippen LogP contribution in [0.25, 0.3) is 16.6 Å². The lowest BCUT2D eigenvalue weighted by Crippen LogP contribution is -2.42. The minimum atomic E-state index is -0.00630. The molecule has 0 aliphatic carbocycles. The van der Waals surface area contributed by atoms with Crippen LogP contribution in [0.2, 0.25) is 0 Å². The maximum absolute atomic E-state index is 12.9. The van der Waals surface area contributed by atoms with E-state index < -0.39 is 0 Å². The molecule has 4 rings (SSSR count). The average Bonchev–Trinajstić information content (AvgIpc) is 3.22. The van der Waals surface area contributed by atoms with Gasteiger partial charge in [0.25, 0.3) is 5.56 Å². The lowest BCUT2D eigenvalue weighted by molar-refractivity contribution is -0.121. The van der Waals surface area contributed by atoms with E-state index in [0.29, 0.717) is 37.5 Å². The van der Waals surface area contributed by atoms with Crippen molar-refractivity contribution in [3.63, 3.8) is 0 Å². The van der Waals surface area contributed by atoms with E-state index in [0.717, 1.165) is 24.1 Å². The molecule has 0 saturated carbocycles. The van der Waals surface area contributed by atoms with Crippen molar-refractivity contribution in [2.45, 2.75) is 51.6 Å². The third-order valence-corrected chi connectivity index (χ3v) is 6.09. The van der Waals surface area contributed by atoms with Crippen LogP contribution in [0.1, 0.15) is 39.0 Å². The molecule has 1 saturated heterocycles. The Morgan fingerprint density at radius 3 is 2.69 bits per heavy atom. The normalized spacial score (nSPS) is 17.8. The smallest absolute Gasteiger partial charge is 0.275 e. The molecule has 3 heterocycles. The number of carbonyl (C=O) groups is 1. The molecule has 154 valence electrons. The van der Waals surface area contributed by atoms with E-state index in [2.05, 4.69) is 17.1 Å². The number of fused-ring (bicyclic) bond motifs is 3. The second-order valence-electron chi connectivity index (χ2n) is 8.04. The second-order valence-corrected chi connectivity index (χ2v) is 8.04. The number of benzene rings is 1. The quantitative estimate of drug-likeness (QED) is 0.670. The van der Waals surface area contributed by atoms with Gasteiger partial charge >= 0.3 is 0 Å². The number of nitrogens with one attached hydrogen (secondary N) is 1. The SMILES string of the molecule is CC1CCCCN1CCNC(=O)CCCn1c(=O)c2cccn2c2ccccc21. The maximum atomic E-state index is 12.9. The molecule has 1 atom stereocenters. The highest BCUT2D eigenvalue weighted by molar-refractivity contribution is 5.79. The predicted octanol–water partition coefficient (Wildman–Crippen LogP) is 3.03. The molecule has 0 radical (unpaired) electrons. The third kappa shape index (κ3) is 4.22. The number of amides is 1. The first-order chi connectivity index (χ1) is 14.1. The van der Waals surface area contributed by atoms with Crippen LogP contribution in [-0.2, 0) is 11.3 Å². The van der Waals surface area contributed by atoms with Gasteiger partial charge in [0.05, 0.1) is 11.0 Å². The lowest BCUT2D eigenvalue weighted by atomic mass is 10.0. The van der Waals surface area contributed by atoms with E-state index >= 15 is 0 Å². The van der Waals surface area contributed by atoms with Gasteiger partial charge in [0.15, 0.2) is 0 Å². The number of carbonyl (C=O) groups excluding carboxylic acids is 1. The molecule has 1 aromatic carbocycles. The molecule has 0 bridgehead atoms. The Labute approximate surface area is 171 Å². The van der Waals surface area contributed by atoms with Crippen LogP contribution in [0.3, 0.4) is 0 Å². The van der Waals surface area contributed by atoms with Crippen LogP contribution in [0.5, 0.6) is 0 Å². The first-order valence-corrected chi connectivity index (χ1v) is 10.7. The Balaban J connectivity index is 1.34. The van der Waals surface area contributed by atoms with Gasteiger partial charge in [-0.1, -0.05) is 18.6 Å². The number of aryl methyl sites for hydroxylation is 1. The number of rotatable bonds is 7. The van der Waals surface area contributed by atoms with Crippen molar-refractivity contribution in [2.24, 2.45) is 0 Å². The van der Waals surface area contributed by atoms with Crippen LogP contribution >= 0.6 is 0 Å². The summed E-state index contributed by atoms with van der Waals surface area (Å²) in [4.78, 5) is 27.6. The summed E-state index contributed by atoms with van der Waals surface area (Å²) in [5.41, 5.74) is 2.57. The summed E-state index contributed by atoms with van der Waals surface area (Å²) < 4.78 is 3.73. The molecule has 1 N–H and O–H groups in total. The highest BCUT2D eigenvalue weighted by atomic mass is 16.1. The summed E-state index contributed by atoms with van der Waals surface area (Å²) in [6.45, 7) is 5.56. The van der Waals surface area contributed by atoms with Crippen molar-refractivity contribution in [1.82, 2.24) is 19.2 Å². The largest absolute Gasteiger partial charge is 0.355 e. The minimum absolute atomic E-state index is 0.00630. The Hall–Kier alpha value is -2.60. The number of piperidine rings is 1. The predicted molar refractivity (Wildman–Crippen MR) is 116 cm³/mol. The van der Waals surface area contributed by atoms with Gasteiger partial charge in [-0.2, -0.15) is 0 Å². The van der Waals surface area contributed by atoms with Crippen molar-refractivity contribution in [2.75, 3.05) is 19.6 Å². The standard InChI is InChI=1S/C23H30N4O2/c1-18-8-4-5-14-25(18)17-13-24-22(28)12-7-16-27-20-10-3-2-9-19(20)26-15-6-11-21(26)23(27)29/h2-3,6,9-11,15,18H,4-5,7-8,12-14,16-17H2,1H3,(H,24,28). The summed E-state index contributed by atoms with van der Waals surface area (Å²) in [5, 5.41) is 3.04. The average molecular weight is 395 g/mol. The van der Waals surface area contributed by atoms with Gasteiger partial charge < -0.3 is 14.3 Å². The van der Waals surface area contributed by atoms with Crippen LogP contribution in [0.15, 0.2) is 47.4 Å². The van der Waals surface area contributed by atoms with Crippen LogP contribution in [0, 0.1) is 0 Å². The molecule has 3 aromatic rings. The van der Waals surface area contributed by atoms with E-state index in [1.54, 1.807) is 4.57 Å². The summed E-state index contributed by atoms with van der Waals surface area (Å²) in [6.07, 6.45) is 6.82. The van der Waals surface area contributed by atoms with Gasteiger partial charge in [0, 0.05) is 38.3 Å². The Kier molecular flexibility index (Phi) is 6.00. The number of likely N-dealkylation sites (tertiary alicyclic amines) is 1. The first-order valence-electron chi connectivity index (χ1n) is 10.7. The fourth-order valence-electron chi connectivity index (χ4n) is 4.45. The number of aromatic nitrogens is 2. The zero-order valence-electron chi connectivity index (χ0n) is 17.1. The molecule has 2 aromatic heterocycles.